The van der Waals surface area contributed by atoms with Crippen LogP contribution >= 0.6 is 0 Å². The van der Waals surface area contributed by atoms with Crippen molar-refractivity contribution in [3.05, 3.63) is 0 Å². The number of rotatable bonds is 5. The van der Waals surface area contributed by atoms with Crippen LogP contribution in [-0.2, 0) is 14.3 Å². The average molecular weight is 283 g/mol. The molecule has 2 rings (SSSR count). The molecule has 5 nitrogen and oxygen atoms in total. The number of likely N-dealkylation sites (tertiary alicyclic amines) is 1. The molecule has 1 aliphatic carbocycles. The molecule has 2 aliphatic rings. The van der Waals surface area contributed by atoms with Crippen molar-refractivity contribution in [3.63, 3.8) is 0 Å². The summed E-state index contributed by atoms with van der Waals surface area (Å²) in [6.07, 6.45) is 5.45. The second kappa shape index (κ2) is 7.07. The summed E-state index contributed by atoms with van der Waals surface area (Å²) in [5, 5.41) is 9.05. The molecule has 1 amide bonds. The first kappa shape index (κ1) is 15.3. The molecule has 1 aliphatic heterocycles. The number of carbonyl (C=O) groups excluding carboxylic acids is 1. The molecule has 0 aromatic heterocycles. The van der Waals surface area contributed by atoms with Crippen LogP contribution in [0.5, 0.6) is 0 Å². The van der Waals surface area contributed by atoms with Crippen molar-refractivity contribution in [1.82, 2.24) is 4.90 Å². The Morgan fingerprint density at radius 2 is 1.90 bits per heavy atom. The van der Waals surface area contributed by atoms with Crippen LogP contribution in [0.1, 0.15) is 45.4 Å². The van der Waals surface area contributed by atoms with Gasteiger partial charge in [0, 0.05) is 19.7 Å². The van der Waals surface area contributed by atoms with E-state index in [9.17, 15) is 9.59 Å². The Hall–Kier alpha value is -1.10. The normalized spacial score (nSPS) is 30.4. The highest BCUT2D eigenvalue weighted by molar-refractivity contribution is 5.86. The predicted octanol–water partition coefficient (Wildman–Crippen LogP) is 1.90. The smallest absolute Gasteiger partial charge is 0.307 e. The molecule has 0 spiro atoms. The SMILES string of the molecule is CCCOC1CCCN(C(=O)C2CCC2C(=O)O)CC1. The van der Waals surface area contributed by atoms with Crippen molar-refractivity contribution in [3.8, 4) is 0 Å². The van der Waals surface area contributed by atoms with Gasteiger partial charge in [-0.15, -0.1) is 0 Å². The number of carboxylic acids is 1. The molecule has 0 aromatic carbocycles. The second-order valence-electron chi connectivity index (χ2n) is 5.88. The number of carbonyl (C=O) groups is 2. The molecule has 114 valence electrons. The molecule has 0 aromatic rings. The van der Waals surface area contributed by atoms with E-state index >= 15 is 0 Å². The average Bonchev–Trinajstić information content (AvgIpc) is 2.59. The fraction of sp³-hybridized carbons (Fsp3) is 0.867. The van der Waals surface area contributed by atoms with E-state index in [1.165, 1.54) is 0 Å². The van der Waals surface area contributed by atoms with Gasteiger partial charge in [0.15, 0.2) is 0 Å². The van der Waals surface area contributed by atoms with Gasteiger partial charge in [0.2, 0.25) is 5.91 Å². The van der Waals surface area contributed by atoms with Gasteiger partial charge in [-0.1, -0.05) is 6.92 Å². The maximum Gasteiger partial charge on any atom is 0.307 e. The van der Waals surface area contributed by atoms with Gasteiger partial charge >= 0.3 is 5.97 Å². The molecule has 20 heavy (non-hydrogen) atoms. The number of hydrogen-bond donors (Lipinski definition) is 1. The molecular weight excluding hydrogens is 258 g/mol. The third kappa shape index (κ3) is 3.51. The topological polar surface area (TPSA) is 66.8 Å². The van der Waals surface area contributed by atoms with E-state index in [1.807, 2.05) is 4.90 Å². The van der Waals surface area contributed by atoms with Gasteiger partial charge in [0.25, 0.3) is 0 Å². The van der Waals surface area contributed by atoms with E-state index in [4.69, 9.17) is 9.84 Å². The van der Waals surface area contributed by atoms with E-state index in [1.54, 1.807) is 0 Å². The van der Waals surface area contributed by atoms with E-state index in [0.717, 1.165) is 45.3 Å². The first-order valence-corrected chi connectivity index (χ1v) is 7.76. The number of aliphatic carboxylic acids is 1. The highest BCUT2D eigenvalue weighted by Gasteiger charge is 2.43. The lowest BCUT2D eigenvalue weighted by Crippen LogP contribution is -2.46. The molecule has 1 saturated heterocycles. The van der Waals surface area contributed by atoms with E-state index in [-0.39, 0.29) is 17.9 Å². The number of nitrogens with zero attached hydrogens (tertiary/aromatic N) is 1. The molecular formula is C15H25NO4. The zero-order valence-electron chi connectivity index (χ0n) is 12.2. The summed E-state index contributed by atoms with van der Waals surface area (Å²) in [6, 6.07) is 0. The maximum absolute atomic E-state index is 12.4. The number of carboxylic acid groups (broad SMARTS) is 1. The minimum absolute atomic E-state index is 0.0415. The van der Waals surface area contributed by atoms with Crippen LogP contribution < -0.4 is 0 Å². The number of amides is 1. The van der Waals surface area contributed by atoms with E-state index in [0.29, 0.717) is 13.0 Å². The summed E-state index contributed by atoms with van der Waals surface area (Å²) < 4.78 is 5.77. The van der Waals surface area contributed by atoms with Crippen molar-refractivity contribution in [1.29, 1.82) is 0 Å². The number of hydrogen-bond acceptors (Lipinski definition) is 3. The predicted molar refractivity (Wildman–Crippen MR) is 74.3 cm³/mol. The van der Waals surface area contributed by atoms with Gasteiger partial charge in [-0.2, -0.15) is 0 Å². The van der Waals surface area contributed by atoms with E-state index in [2.05, 4.69) is 6.92 Å². The summed E-state index contributed by atoms with van der Waals surface area (Å²) in [5.41, 5.74) is 0. The fourth-order valence-electron chi connectivity index (χ4n) is 3.06. The first-order chi connectivity index (χ1) is 9.63. The summed E-state index contributed by atoms with van der Waals surface area (Å²) >= 11 is 0. The van der Waals surface area contributed by atoms with Gasteiger partial charge in [0.1, 0.15) is 0 Å². The quantitative estimate of drug-likeness (QED) is 0.837. The molecule has 3 unspecified atom stereocenters. The van der Waals surface area contributed by atoms with Gasteiger partial charge in [0.05, 0.1) is 17.9 Å². The third-order valence-corrected chi connectivity index (χ3v) is 4.45. The van der Waals surface area contributed by atoms with Crippen LogP contribution in [0, 0.1) is 11.8 Å². The molecule has 1 N–H and O–H groups in total. The summed E-state index contributed by atoms with van der Waals surface area (Å²) in [5.74, 6) is -1.54. The zero-order chi connectivity index (χ0) is 14.5. The molecule has 0 radical (unpaired) electrons. The third-order valence-electron chi connectivity index (χ3n) is 4.45. The van der Waals surface area contributed by atoms with Crippen LogP contribution in [0.3, 0.4) is 0 Å². The highest BCUT2D eigenvalue weighted by atomic mass is 16.5. The standard InChI is InChI=1S/C15H25NO4/c1-2-10-20-11-4-3-8-16(9-7-11)14(17)12-5-6-13(12)15(18)19/h11-13H,2-10H2,1H3,(H,18,19). The Kier molecular flexibility index (Phi) is 5.40. The van der Waals surface area contributed by atoms with Gasteiger partial charge < -0.3 is 14.7 Å². The molecule has 1 heterocycles. The van der Waals surface area contributed by atoms with Crippen LogP contribution in [0.15, 0.2) is 0 Å². The van der Waals surface area contributed by atoms with Crippen LogP contribution in [0.25, 0.3) is 0 Å². The Morgan fingerprint density at radius 1 is 1.15 bits per heavy atom. The lowest BCUT2D eigenvalue weighted by molar-refractivity contribution is -0.156. The van der Waals surface area contributed by atoms with E-state index < -0.39 is 11.9 Å². The largest absolute Gasteiger partial charge is 0.481 e. The van der Waals surface area contributed by atoms with Crippen molar-refractivity contribution in [2.24, 2.45) is 11.8 Å². The van der Waals surface area contributed by atoms with Crippen LogP contribution in [0.4, 0.5) is 0 Å². The first-order valence-electron chi connectivity index (χ1n) is 7.76. The minimum Gasteiger partial charge on any atom is -0.481 e. The Labute approximate surface area is 120 Å². The molecule has 5 heteroatoms. The monoisotopic (exact) mass is 283 g/mol. The van der Waals surface area contributed by atoms with Gasteiger partial charge in [-0.3, -0.25) is 9.59 Å². The number of ether oxygens (including phenoxy) is 1. The highest BCUT2D eigenvalue weighted by Crippen LogP contribution is 2.36. The van der Waals surface area contributed by atoms with Crippen molar-refractivity contribution in [2.75, 3.05) is 19.7 Å². The maximum atomic E-state index is 12.4. The molecule has 3 atom stereocenters. The molecule has 2 fully saturated rings. The van der Waals surface area contributed by atoms with Crippen LogP contribution in [-0.4, -0.2) is 47.7 Å². The zero-order valence-corrected chi connectivity index (χ0v) is 12.2. The van der Waals surface area contributed by atoms with Crippen molar-refractivity contribution < 1.29 is 19.4 Å². The molecule has 0 bridgehead atoms. The van der Waals surface area contributed by atoms with Crippen molar-refractivity contribution in [2.45, 2.75) is 51.6 Å². The van der Waals surface area contributed by atoms with Gasteiger partial charge in [-0.05, 0) is 38.5 Å². The fourth-order valence-corrected chi connectivity index (χ4v) is 3.06. The Bertz CT molecular complexity index is 358. The lowest BCUT2D eigenvalue weighted by atomic mass is 9.73. The Balaban J connectivity index is 1.84. The second-order valence-corrected chi connectivity index (χ2v) is 5.88. The summed E-state index contributed by atoms with van der Waals surface area (Å²) in [4.78, 5) is 25.3. The summed E-state index contributed by atoms with van der Waals surface area (Å²) in [6.45, 7) is 4.32. The van der Waals surface area contributed by atoms with Crippen LogP contribution in [0.2, 0.25) is 0 Å². The molecule has 1 saturated carbocycles. The minimum atomic E-state index is -0.825. The van der Waals surface area contributed by atoms with Gasteiger partial charge in [-0.25, -0.2) is 0 Å². The lowest BCUT2D eigenvalue weighted by Gasteiger charge is -2.36. The Morgan fingerprint density at radius 3 is 2.50 bits per heavy atom. The summed E-state index contributed by atoms with van der Waals surface area (Å²) in [7, 11) is 0. The van der Waals surface area contributed by atoms with Crippen molar-refractivity contribution >= 4 is 11.9 Å².